The molecule has 0 aliphatic rings. The first-order valence-corrected chi connectivity index (χ1v) is 4.59. The molecule has 4 heteroatoms. The standard InChI is InChI=1S/C12H7F2NO/c13-12(14)16-10-6-2-4-8-3-1-5-9(7-15)11(8)10/h1-6,12H. The Morgan fingerprint density at radius 3 is 2.44 bits per heavy atom. The normalized spacial score (nSPS) is 10.4. The molecule has 0 spiro atoms. The molecular formula is C12H7F2NO. The van der Waals surface area contributed by atoms with Crippen molar-refractivity contribution in [1.82, 2.24) is 0 Å². The molecule has 0 heterocycles. The maximum atomic E-state index is 12.2. The summed E-state index contributed by atoms with van der Waals surface area (Å²) in [5.74, 6) is 0.0321. The molecular weight excluding hydrogens is 212 g/mol. The number of nitrogens with zero attached hydrogens (tertiary/aromatic N) is 1. The van der Waals surface area contributed by atoms with E-state index in [2.05, 4.69) is 4.74 Å². The molecule has 2 aromatic carbocycles. The van der Waals surface area contributed by atoms with E-state index in [9.17, 15) is 8.78 Å². The number of ether oxygens (including phenoxy) is 1. The summed E-state index contributed by atoms with van der Waals surface area (Å²) in [6.07, 6.45) is 0. The summed E-state index contributed by atoms with van der Waals surface area (Å²) in [5.41, 5.74) is 0.328. The molecule has 2 rings (SSSR count). The minimum Gasteiger partial charge on any atom is -0.434 e. The quantitative estimate of drug-likeness (QED) is 0.776. The maximum absolute atomic E-state index is 12.2. The average Bonchev–Trinajstić information content (AvgIpc) is 2.28. The van der Waals surface area contributed by atoms with Gasteiger partial charge in [-0.15, -0.1) is 0 Å². The lowest BCUT2D eigenvalue weighted by molar-refractivity contribution is -0.0487. The van der Waals surface area contributed by atoms with E-state index in [0.29, 0.717) is 16.3 Å². The van der Waals surface area contributed by atoms with Gasteiger partial charge in [-0.05, 0) is 17.5 Å². The van der Waals surface area contributed by atoms with Gasteiger partial charge in [0.1, 0.15) is 5.75 Å². The van der Waals surface area contributed by atoms with Crippen LogP contribution >= 0.6 is 0 Å². The molecule has 0 atom stereocenters. The predicted molar refractivity (Wildman–Crippen MR) is 55.3 cm³/mol. The van der Waals surface area contributed by atoms with Crippen molar-refractivity contribution in [3.63, 3.8) is 0 Å². The Balaban J connectivity index is 2.70. The first kappa shape index (κ1) is 10.4. The highest BCUT2D eigenvalue weighted by atomic mass is 19.3. The molecule has 0 fully saturated rings. The van der Waals surface area contributed by atoms with Crippen molar-refractivity contribution in [3.8, 4) is 11.8 Å². The van der Waals surface area contributed by atoms with Crippen LogP contribution in [0.15, 0.2) is 36.4 Å². The second kappa shape index (κ2) is 4.15. The largest absolute Gasteiger partial charge is 0.434 e. The van der Waals surface area contributed by atoms with Gasteiger partial charge in [-0.3, -0.25) is 0 Å². The zero-order chi connectivity index (χ0) is 11.5. The first-order chi connectivity index (χ1) is 7.72. The lowest BCUT2D eigenvalue weighted by Gasteiger charge is -2.08. The van der Waals surface area contributed by atoms with Gasteiger partial charge in [0.25, 0.3) is 0 Å². The number of benzene rings is 2. The van der Waals surface area contributed by atoms with Crippen LogP contribution in [0.25, 0.3) is 10.8 Å². The van der Waals surface area contributed by atoms with Crippen LogP contribution in [0.4, 0.5) is 8.78 Å². The molecule has 0 aromatic heterocycles. The number of alkyl halides is 2. The van der Waals surface area contributed by atoms with Crippen molar-refractivity contribution < 1.29 is 13.5 Å². The molecule has 80 valence electrons. The summed E-state index contributed by atoms with van der Waals surface area (Å²) in [4.78, 5) is 0. The number of rotatable bonds is 2. The van der Waals surface area contributed by atoms with Crippen LogP contribution in [-0.2, 0) is 0 Å². The van der Waals surface area contributed by atoms with E-state index < -0.39 is 6.61 Å². The van der Waals surface area contributed by atoms with E-state index in [1.165, 1.54) is 6.07 Å². The van der Waals surface area contributed by atoms with Gasteiger partial charge in [0.15, 0.2) is 0 Å². The van der Waals surface area contributed by atoms with Crippen molar-refractivity contribution in [1.29, 1.82) is 5.26 Å². The predicted octanol–water partition coefficient (Wildman–Crippen LogP) is 3.31. The SMILES string of the molecule is N#Cc1cccc2cccc(OC(F)F)c12. The molecule has 0 saturated carbocycles. The van der Waals surface area contributed by atoms with Gasteiger partial charge in [0.05, 0.1) is 11.6 Å². The molecule has 2 nitrogen and oxygen atoms in total. The topological polar surface area (TPSA) is 33.0 Å². The minimum atomic E-state index is -2.89. The van der Waals surface area contributed by atoms with Gasteiger partial charge < -0.3 is 4.74 Å². The summed E-state index contributed by atoms with van der Waals surface area (Å²) >= 11 is 0. The van der Waals surface area contributed by atoms with Crippen molar-refractivity contribution in [2.75, 3.05) is 0 Å². The van der Waals surface area contributed by atoms with Gasteiger partial charge in [-0.1, -0.05) is 24.3 Å². The van der Waals surface area contributed by atoms with Gasteiger partial charge >= 0.3 is 6.61 Å². The van der Waals surface area contributed by atoms with Crippen LogP contribution < -0.4 is 4.74 Å². The second-order valence-electron chi connectivity index (χ2n) is 3.15. The van der Waals surface area contributed by atoms with Crippen molar-refractivity contribution in [2.45, 2.75) is 6.61 Å². The highest BCUT2D eigenvalue weighted by molar-refractivity contribution is 5.93. The van der Waals surface area contributed by atoms with Crippen LogP contribution in [0.2, 0.25) is 0 Å². The van der Waals surface area contributed by atoms with E-state index in [-0.39, 0.29) is 5.75 Å². The van der Waals surface area contributed by atoms with E-state index in [1.54, 1.807) is 30.3 Å². The lowest BCUT2D eigenvalue weighted by atomic mass is 10.0. The fourth-order valence-electron chi connectivity index (χ4n) is 1.59. The van der Waals surface area contributed by atoms with Crippen LogP contribution in [0.5, 0.6) is 5.75 Å². The number of fused-ring (bicyclic) bond motifs is 1. The third-order valence-corrected chi connectivity index (χ3v) is 2.20. The first-order valence-electron chi connectivity index (χ1n) is 4.59. The van der Waals surface area contributed by atoms with Gasteiger partial charge in [0, 0.05) is 5.39 Å². The lowest BCUT2D eigenvalue weighted by Crippen LogP contribution is -2.02. The molecule has 0 radical (unpaired) electrons. The van der Waals surface area contributed by atoms with Gasteiger partial charge in [0.2, 0.25) is 0 Å². The average molecular weight is 219 g/mol. The molecule has 0 aliphatic carbocycles. The third-order valence-electron chi connectivity index (χ3n) is 2.20. The van der Waals surface area contributed by atoms with Crippen molar-refractivity contribution >= 4 is 10.8 Å². The number of hydrogen-bond donors (Lipinski definition) is 0. The molecule has 0 saturated heterocycles. The molecule has 0 N–H and O–H groups in total. The maximum Gasteiger partial charge on any atom is 0.387 e. The molecule has 0 amide bonds. The summed E-state index contributed by atoms with van der Waals surface area (Å²) in [5, 5.41) is 10.0. The molecule has 2 aromatic rings. The zero-order valence-electron chi connectivity index (χ0n) is 8.15. The Labute approximate surface area is 90.7 Å². The highest BCUT2D eigenvalue weighted by Crippen LogP contribution is 2.29. The molecule has 0 aliphatic heterocycles. The Bertz CT molecular complexity index is 555. The third kappa shape index (κ3) is 1.80. The Morgan fingerprint density at radius 1 is 1.12 bits per heavy atom. The van der Waals surface area contributed by atoms with Crippen LogP contribution in [-0.4, -0.2) is 6.61 Å². The summed E-state index contributed by atoms with van der Waals surface area (Å²) in [6.45, 7) is -2.89. The Morgan fingerprint density at radius 2 is 1.81 bits per heavy atom. The fourth-order valence-corrected chi connectivity index (χ4v) is 1.59. The second-order valence-corrected chi connectivity index (χ2v) is 3.15. The summed E-state index contributed by atoms with van der Waals surface area (Å²) < 4.78 is 28.7. The number of hydrogen-bond acceptors (Lipinski definition) is 2. The zero-order valence-corrected chi connectivity index (χ0v) is 8.15. The molecule has 0 bridgehead atoms. The number of nitriles is 1. The minimum absolute atomic E-state index is 0.0321. The van der Waals surface area contributed by atoms with Crippen LogP contribution in [0.3, 0.4) is 0 Å². The van der Waals surface area contributed by atoms with Crippen LogP contribution in [0.1, 0.15) is 5.56 Å². The summed E-state index contributed by atoms with van der Waals surface area (Å²) in [7, 11) is 0. The van der Waals surface area contributed by atoms with E-state index in [4.69, 9.17) is 5.26 Å². The van der Waals surface area contributed by atoms with E-state index in [1.807, 2.05) is 6.07 Å². The molecule has 16 heavy (non-hydrogen) atoms. The highest BCUT2D eigenvalue weighted by Gasteiger charge is 2.10. The Kier molecular flexibility index (Phi) is 2.69. The Hall–Kier alpha value is -2.15. The van der Waals surface area contributed by atoms with Crippen molar-refractivity contribution in [2.24, 2.45) is 0 Å². The fraction of sp³-hybridized carbons (Fsp3) is 0.0833. The molecule has 0 unspecified atom stereocenters. The summed E-state index contributed by atoms with van der Waals surface area (Å²) in [6, 6.07) is 11.8. The van der Waals surface area contributed by atoms with E-state index >= 15 is 0 Å². The van der Waals surface area contributed by atoms with Gasteiger partial charge in [-0.25, -0.2) is 0 Å². The van der Waals surface area contributed by atoms with Gasteiger partial charge in [-0.2, -0.15) is 14.0 Å². The smallest absolute Gasteiger partial charge is 0.387 e. The monoisotopic (exact) mass is 219 g/mol. The van der Waals surface area contributed by atoms with E-state index in [0.717, 1.165) is 0 Å². The van der Waals surface area contributed by atoms with Crippen LogP contribution in [0, 0.1) is 11.3 Å². The van der Waals surface area contributed by atoms with Crippen molar-refractivity contribution in [3.05, 3.63) is 42.0 Å². The number of halogens is 2.